The van der Waals surface area contributed by atoms with Crippen LogP contribution in [0, 0.1) is 5.92 Å². The summed E-state index contributed by atoms with van der Waals surface area (Å²) in [7, 11) is -1.50. The second-order valence-electron chi connectivity index (χ2n) is 4.93. The van der Waals surface area contributed by atoms with Crippen molar-refractivity contribution in [3.8, 4) is 0 Å². The van der Waals surface area contributed by atoms with Gasteiger partial charge in [0.25, 0.3) is 0 Å². The van der Waals surface area contributed by atoms with E-state index in [9.17, 15) is 13.2 Å². The van der Waals surface area contributed by atoms with Crippen LogP contribution < -0.4 is 15.4 Å². The largest absolute Gasteiger partial charge is 0.354 e. The smallest absolute Gasteiger partial charge is 0.224 e. The lowest BCUT2D eigenvalue weighted by Crippen LogP contribution is -2.52. The molecule has 0 heterocycles. The third-order valence-corrected chi connectivity index (χ3v) is 3.05. The molecule has 0 aliphatic rings. The SMILES string of the molecule is CNCC(C)C(=O)NCC(C)(C)NS(C)(=O)=O. The van der Waals surface area contributed by atoms with Crippen molar-refractivity contribution in [1.82, 2.24) is 15.4 Å². The zero-order valence-electron chi connectivity index (χ0n) is 11.1. The second kappa shape index (κ2) is 6.32. The third kappa shape index (κ3) is 8.12. The second-order valence-corrected chi connectivity index (χ2v) is 6.68. The summed E-state index contributed by atoms with van der Waals surface area (Å²) >= 11 is 0. The average Bonchev–Trinajstić information content (AvgIpc) is 2.10. The highest BCUT2D eigenvalue weighted by Gasteiger charge is 2.23. The van der Waals surface area contributed by atoms with Crippen LogP contribution in [0.1, 0.15) is 20.8 Å². The van der Waals surface area contributed by atoms with Crippen molar-refractivity contribution < 1.29 is 13.2 Å². The Morgan fingerprint density at radius 3 is 2.29 bits per heavy atom. The standard InChI is InChI=1S/C10H23N3O3S/c1-8(6-11-4)9(14)12-7-10(2,3)13-17(5,15)16/h8,11,13H,6-7H2,1-5H3,(H,12,14). The van der Waals surface area contributed by atoms with Gasteiger partial charge in [0.2, 0.25) is 15.9 Å². The summed E-state index contributed by atoms with van der Waals surface area (Å²) in [4.78, 5) is 11.6. The van der Waals surface area contributed by atoms with Gasteiger partial charge in [-0.15, -0.1) is 0 Å². The molecule has 0 aliphatic carbocycles. The third-order valence-electron chi connectivity index (χ3n) is 2.12. The van der Waals surface area contributed by atoms with Gasteiger partial charge in [0.05, 0.1) is 6.26 Å². The molecular weight excluding hydrogens is 242 g/mol. The monoisotopic (exact) mass is 265 g/mol. The molecule has 0 saturated heterocycles. The van der Waals surface area contributed by atoms with Gasteiger partial charge >= 0.3 is 0 Å². The van der Waals surface area contributed by atoms with Crippen LogP contribution in [-0.4, -0.2) is 46.3 Å². The topological polar surface area (TPSA) is 87.3 Å². The maximum absolute atomic E-state index is 11.6. The van der Waals surface area contributed by atoms with Gasteiger partial charge in [0.1, 0.15) is 0 Å². The molecule has 1 amide bonds. The normalized spacial score (nSPS) is 14.4. The fourth-order valence-corrected chi connectivity index (χ4v) is 2.50. The van der Waals surface area contributed by atoms with Crippen molar-refractivity contribution in [3.05, 3.63) is 0 Å². The number of hydrogen-bond acceptors (Lipinski definition) is 4. The van der Waals surface area contributed by atoms with Crippen LogP contribution in [0.15, 0.2) is 0 Å². The van der Waals surface area contributed by atoms with E-state index in [4.69, 9.17) is 0 Å². The van der Waals surface area contributed by atoms with Crippen LogP contribution in [0.5, 0.6) is 0 Å². The van der Waals surface area contributed by atoms with Crippen LogP contribution in [0.2, 0.25) is 0 Å². The van der Waals surface area contributed by atoms with Gasteiger partial charge in [-0.3, -0.25) is 4.79 Å². The quantitative estimate of drug-likeness (QED) is 0.567. The molecule has 17 heavy (non-hydrogen) atoms. The summed E-state index contributed by atoms with van der Waals surface area (Å²) in [6, 6.07) is 0. The minimum Gasteiger partial charge on any atom is -0.354 e. The molecule has 0 rings (SSSR count). The fourth-order valence-electron chi connectivity index (χ4n) is 1.42. The maximum atomic E-state index is 11.6. The van der Waals surface area contributed by atoms with Crippen molar-refractivity contribution in [1.29, 1.82) is 0 Å². The first-order chi connectivity index (χ1) is 7.57. The van der Waals surface area contributed by atoms with Crippen LogP contribution >= 0.6 is 0 Å². The molecule has 0 aromatic carbocycles. The highest BCUT2D eigenvalue weighted by atomic mass is 32.2. The fraction of sp³-hybridized carbons (Fsp3) is 0.900. The van der Waals surface area contributed by atoms with E-state index in [1.807, 2.05) is 6.92 Å². The van der Waals surface area contributed by atoms with Crippen LogP contribution in [0.4, 0.5) is 0 Å². The van der Waals surface area contributed by atoms with Crippen molar-refractivity contribution >= 4 is 15.9 Å². The van der Waals surface area contributed by atoms with E-state index in [2.05, 4.69) is 15.4 Å². The predicted octanol–water partition coefficient (Wildman–Crippen LogP) is -0.714. The van der Waals surface area contributed by atoms with Crippen molar-refractivity contribution in [3.63, 3.8) is 0 Å². The van der Waals surface area contributed by atoms with E-state index in [0.29, 0.717) is 6.54 Å². The number of carbonyl (C=O) groups is 1. The molecule has 0 radical (unpaired) electrons. The molecule has 1 unspecified atom stereocenters. The molecule has 0 aromatic heterocycles. The first-order valence-corrected chi connectivity index (χ1v) is 7.38. The number of carbonyl (C=O) groups excluding carboxylic acids is 1. The van der Waals surface area contributed by atoms with Gasteiger partial charge in [-0.1, -0.05) is 6.92 Å². The molecule has 3 N–H and O–H groups in total. The summed E-state index contributed by atoms with van der Waals surface area (Å²) in [6.07, 6.45) is 1.10. The number of rotatable bonds is 7. The van der Waals surface area contributed by atoms with E-state index < -0.39 is 15.6 Å². The van der Waals surface area contributed by atoms with Crippen molar-refractivity contribution in [2.75, 3.05) is 26.4 Å². The molecule has 6 nitrogen and oxygen atoms in total. The van der Waals surface area contributed by atoms with E-state index in [1.165, 1.54) is 0 Å². The van der Waals surface area contributed by atoms with Gasteiger partial charge in [0.15, 0.2) is 0 Å². The lowest BCUT2D eigenvalue weighted by Gasteiger charge is -2.26. The number of nitrogens with one attached hydrogen (secondary N) is 3. The van der Waals surface area contributed by atoms with Gasteiger partial charge in [0, 0.05) is 24.5 Å². The van der Waals surface area contributed by atoms with E-state index in [-0.39, 0.29) is 18.4 Å². The Bertz CT molecular complexity index is 352. The first kappa shape index (κ1) is 16.3. The molecule has 0 fully saturated rings. The van der Waals surface area contributed by atoms with Crippen LogP contribution in [-0.2, 0) is 14.8 Å². The lowest BCUT2D eigenvalue weighted by molar-refractivity contribution is -0.124. The Balaban J connectivity index is 4.23. The summed E-state index contributed by atoms with van der Waals surface area (Å²) < 4.78 is 24.7. The van der Waals surface area contributed by atoms with Gasteiger partial charge in [-0.2, -0.15) is 0 Å². The highest BCUT2D eigenvalue weighted by Crippen LogP contribution is 2.02. The maximum Gasteiger partial charge on any atom is 0.224 e. The molecule has 0 aromatic rings. The van der Waals surface area contributed by atoms with Crippen molar-refractivity contribution in [2.45, 2.75) is 26.3 Å². The Morgan fingerprint density at radius 1 is 1.35 bits per heavy atom. The molecule has 1 atom stereocenters. The molecule has 7 heteroatoms. The average molecular weight is 265 g/mol. The first-order valence-electron chi connectivity index (χ1n) is 5.48. The summed E-state index contributed by atoms with van der Waals surface area (Å²) in [5.74, 6) is -0.239. The van der Waals surface area contributed by atoms with Crippen LogP contribution in [0.25, 0.3) is 0 Å². The summed E-state index contributed by atoms with van der Waals surface area (Å²) in [5.41, 5.74) is -0.692. The number of amides is 1. The van der Waals surface area contributed by atoms with Gasteiger partial charge < -0.3 is 10.6 Å². The zero-order chi connectivity index (χ0) is 13.7. The lowest BCUT2D eigenvalue weighted by atomic mass is 10.1. The Kier molecular flexibility index (Phi) is 6.08. The Labute approximate surface area is 104 Å². The molecule has 0 spiro atoms. The summed E-state index contributed by atoms with van der Waals surface area (Å²) in [6.45, 7) is 6.09. The molecular formula is C10H23N3O3S. The van der Waals surface area contributed by atoms with Crippen LogP contribution in [0.3, 0.4) is 0 Å². The molecule has 0 aliphatic heterocycles. The van der Waals surface area contributed by atoms with E-state index in [1.54, 1.807) is 20.9 Å². The predicted molar refractivity (Wildman–Crippen MR) is 68.2 cm³/mol. The van der Waals surface area contributed by atoms with Gasteiger partial charge in [-0.25, -0.2) is 13.1 Å². The Morgan fingerprint density at radius 2 is 1.88 bits per heavy atom. The van der Waals surface area contributed by atoms with Crippen molar-refractivity contribution in [2.24, 2.45) is 5.92 Å². The summed E-state index contributed by atoms with van der Waals surface area (Å²) in [5, 5.41) is 5.64. The minimum absolute atomic E-state index is 0.0947. The van der Waals surface area contributed by atoms with E-state index >= 15 is 0 Å². The minimum atomic E-state index is -3.27. The number of hydrogen-bond donors (Lipinski definition) is 3. The molecule has 102 valence electrons. The molecule has 0 bridgehead atoms. The Hall–Kier alpha value is -0.660. The number of sulfonamides is 1. The van der Waals surface area contributed by atoms with Gasteiger partial charge in [-0.05, 0) is 20.9 Å². The highest BCUT2D eigenvalue weighted by molar-refractivity contribution is 7.88. The van der Waals surface area contributed by atoms with E-state index in [0.717, 1.165) is 6.26 Å². The zero-order valence-corrected chi connectivity index (χ0v) is 11.9. The molecule has 0 saturated carbocycles.